The van der Waals surface area contributed by atoms with Crippen molar-refractivity contribution in [3.63, 3.8) is 0 Å². The van der Waals surface area contributed by atoms with Gasteiger partial charge in [0.2, 0.25) is 0 Å². The number of ether oxygens (including phenoxy) is 15. The largest absolute Gasteiger partial charge is 1.00 e. The standard InChI is InChI=1S/C19H28NO4.C19H22NO2.C18H25ClNO3.C18H26NO3.C16H17O3S.5Cs/c1-14-8-19(23-12-14)24-18-10-16(21-3)9-17(11-18)22-13-15-4-6-20(2)7-5-15;1-15-11-19(21-14-15)22-18-10-6-9-17(12-18)20(2)13-16-7-4-3-5-8-16;1-13-7-18(22-11-13)23-17-9-15(19)8-16(10-17)21-12-14-3-5-20(2)6-4-14;1-14-10-18(21-12-14)22-17-5-3-4-16(11-17)20-13-15-6-8-19(2)9-7-15;1-12-8-16(18-10-12)19-14-5-2-4-13(9-14)17-11-15-6-3-7-20-15;;;;;/h9-12,14-15,19H,4-8,13H2,1-3H3;3-10,12,14-15,19H,11,13H2,1-2H3;8-11,13-14,18H,3-7,12H2,1-2H3;3-5,11-12,14-15,18H,6-10,13H2,1-2H3;2-7,9-10,12,16H,8,11H2,1H3;;;;;/q5*-1;5*+1/t14-,19?;15-,19?;13-,18?;14-,18?;12-,16?;;;;;/m11111...../s1. The molecule has 15 rings (SSSR count). The van der Waals surface area contributed by atoms with Crippen LogP contribution in [0.1, 0.15) is 116 Å². The predicted octanol–water partition coefficient (Wildman–Crippen LogP) is 4.17. The van der Waals surface area contributed by atoms with Crippen LogP contribution in [-0.4, -0.2) is 141 Å². The number of thiophene rings is 1. The Morgan fingerprint density at radius 2 is 0.724 bits per heavy atom. The third kappa shape index (κ3) is 40.6. The van der Waals surface area contributed by atoms with E-state index in [1.165, 1.54) is 62.1 Å². The van der Waals surface area contributed by atoms with Gasteiger partial charge in [-0.15, -0.1) is 40.9 Å². The Hall–Kier alpha value is 3.05. The van der Waals surface area contributed by atoms with Crippen LogP contribution in [-0.2, 0) is 36.8 Å². The molecule has 0 radical (unpaired) electrons. The molecule has 0 spiro atoms. The molecule has 6 aromatic carbocycles. The summed E-state index contributed by atoms with van der Waals surface area (Å²) in [6.07, 6.45) is 10.6. The quantitative estimate of drug-likeness (QED) is 0.0714. The number of hydrogen-bond acceptors (Lipinski definition) is 20. The average molecular weight is 2230 g/mol. The van der Waals surface area contributed by atoms with E-state index in [0.717, 1.165) is 142 Å². The van der Waals surface area contributed by atoms with Gasteiger partial charge in [0.05, 0.1) is 26.9 Å². The molecular formula is C90H118ClCs5N4O15S. The second-order valence-electron chi connectivity index (χ2n) is 31.0. The SMILES string of the molecule is COc1cc(OCC2CCN(C)CC2)cc(OC2C[C@@H](C)[CH-]O2)c1.C[C@H]1[CH-]OC(Oc2cc(Cl)cc(OCC3CCN(C)CC3)c2)C1.C[C@H]1[CH-]OC(Oc2cccc(N(C)Cc3ccccc3)c2)C1.C[C@H]1[CH-]OC(Oc2cccc(OCC3CCN(C)CC3)c2)C1.C[C@H]1[CH-]OC(Oc2cccc(OCc3cccs3)c2)C1.[Cs+].[Cs+].[Cs+].[Cs+].[Cs+]. The topological polar surface area (TPSA) is 151 Å². The number of nitrogens with zero attached hydrogens (tertiary/aromatic N) is 4. The summed E-state index contributed by atoms with van der Waals surface area (Å²) in [5, 5.41) is 2.67. The number of piperidine rings is 3. The molecule has 7 aromatic rings. The van der Waals surface area contributed by atoms with Gasteiger partial charge in [-0.1, -0.05) is 101 Å². The fraction of sp³-hybridized carbons (Fsp3) is 0.500. The summed E-state index contributed by atoms with van der Waals surface area (Å²) in [5.74, 6) is 11.9. The Morgan fingerprint density at radius 1 is 0.388 bits per heavy atom. The van der Waals surface area contributed by atoms with E-state index in [4.69, 9.17) is 82.7 Å². The molecule has 8 aliphatic heterocycles. The number of likely N-dealkylation sites (tertiary alicyclic amines) is 3. The minimum absolute atomic E-state index is 0. The molecule has 8 fully saturated rings. The first-order valence-corrected chi connectivity index (χ1v) is 41.1. The van der Waals surface area contributed by atoms with E-state index in [1.54, 1.807) is 24.5 Å². The van der Waals surface area contributed by atoms with E-state index in [-0.39, 0.29) is 376 Å². The van der Waals surface area contributed by atoms with Crippen LogP contribution < -0.4 is 397 Å². The number of halogens is 1. The van der Waals surface area contributed by atoms with Crippen molar-refractivity contribution in [3.8, 4) is 57.5 Å². The van der Waals surface area contributed by atoms with E-state index in [0.29, 0.717) is 64.7 Å². The Morgan fingerprint density at radius 3 is 1.12 bits per heavy atom. The van der Waals surface area contributed by atoms with Crippen molar-refractivity contribution in [1.82, 2.24) is 14.7 Å². The predicted molar refractivity (Wildman–Crippen MR) is 436 cm³/mol. The monoisotopic (exact) mass is 2230 g/mol. The van der Waals surface area contributed by atoms with Gasteiger partial charge in [0.1, 0.15) is 64.1 Å². The minimum atomic E-state index is -0.231. The van der Waals surface area contributed by atoms with Crippen molar-refractivity contribution in [2.45, 2.75) is 150 Å². The summed E-state index contributed by atoms with van der Waals surface area (Å²) in [6.45, 7) is 30.5. The first-order valence-electron chi connectivity index (χ1n) is 39.8. The molecule has 26 heteroatoms. The van der Waals surface area contributed by atoms with Crippen molar-refractivity contribution in [3.05, 3.63) is 206 Å². The summed E-state index contributed by atoms with van der Waals surface area (Å²) in [5.41, 5.74) is 2.43. The smallest absolute Gasteiger partial charge is 0.520 e. The van der Waals surface area contributed by atoms with E-state index >= 15 is 0 Å². The van der Waals surface area contributed by atoms with Crippen LogP contribution in [0.2, 0.25) is 5.02 Å². The van der Waals surface area contributed by atoms with Gasteiger partial charge in [-0.25, -0.2) is 33.0 Å². The zero-order valence-corrected chi connectivity index (χ0v) is 105. The van der Waals surface area contributed by atoms with Crippen molar-refractivity contribution in [2.24, 2.45) is 47.3 Å². The number of benzene rings is 6. The number of hydrogen-bond donors (Lipinski definition) is 0. The van der Waals surface area contributed by atoms with Crippen LogP contribution in [0.25, 0.3) is 0 Å². The summed E-state index contributed by atoms with van der Waals surface area (Å²) in [4.78, 5) is 10.5. The Labute approximate surface area is 996 Å². The fourth-order valence-electron chi connectivity index (χ4n) is 13.7. The van der Waals surface area contributed by atoms with Crippen LogP contribution in [0.15, 0.2) is 157 Å². The first-order chi connectivity index (χ1) is 53.9. The van der Waals surface area contributed by atoms with Crippen LogP contribution in [0, 0.1) is 80.4 Å². The van der Waals surface area contributed by atoms with Gasteiger partial charge < -0.3 is 90.7 Å². The maximum absolute atomic E-state index is 6.19. The van der Waals surface area contributed by atoms with Crippen LogP contribution in [0.4, 0.5) is 5.69 Å². The minimum Gasteiger partial charge on any atom is -0.520 e. The fourth-order valence-corrected chi connectivity index (χ4v) is 14.5. The van der Waals surface area contributed by atoms with Crippen molar-refractivity contribution in [1.29, 1.82) is 0 Å². The van der Waals surface area contributed by atoms with Crippen molar-refractivity contribution < 1.29 is 416 Å². The van der Waals surface area contributed by atoms with Gasteiger partial charge in [-0.05, 0) is 214 Å². The van der Waals surface area contributed by atoms with Crippen LogP contribution >= 0.6 is 22.9 Å². The third-order valence-electron chi connectivity index (χ3n) is 20.5. The summed E-state index contributed by atoms with van der Waals surface area (Å²) in [6, 6.07) is 49.5. The molecular weight excluding hydrogens is 2110 g/mol. The molecule has 606 valence electrons. The normalized spacial score (nSPS) is 23.4. The van der Waals surface area contributed by atoms with Gasteiger partial charge in [0, 0.05) is 71.6 Å². The van der Waals surface area contributed by atoms with E-state index in [2.05, 4.69) is 125 Å². The molecule has 0 bridgehead atoms. The van der Waals surface area contributed by atoms with E-state index < -0.39 is 0 Å². The molecule has 0 saturated carbocycles. The molecule has 8 saturated heterocycles. The van der Waals surface area contributed by atoms with E-state index in [1.807, 2.05) is 142 Å². The molecule has 19 nitrogen and oxygen atoms in total. The molecule has 5 unspecified atom stereocenters. The molecule has 116 heavy (non-hydrogen) atoms. The zero-order valence-electron chi connectivity index (χ0n) is 71.7. The molecule has 0 amide bonds. The maximum atomic E-state index is 6.19. The van der Waals surface area contributed by atoms with Crippen LogP contribution in [0.3, 0.4) is 0 Å². The summed E-state index contributed by atoms with van der Waals surface area (Å²) >= 11 is 7.88. The van der Waals surface area contributed by atoms with Gasteiger partial charge in [-0.2, -0.15) is 0 Å². The third-order valence-corrected chi connectivity index (χ3v) is 21.5. The first kappa shape index (κ1) is 108. The molecule has 0 aliphatic carbocycles. The molecule has 8 aliphatic rings. The maximum Gasteiger partial charge on any atom is 1.00 e. The molecule has 1 aromatic heterocycles. The van der Waals surface area contributed by atoms with Gasteiger partial charge in [0.15, 0.2) is 31.5 Å². The van der Waals surface area contributed by atoms with Gasteiger partial charge >= 0.3 is 344 Å². The zero-order chi connectivity index (χ0) is 77.7. The van der Waals surface area contributed by atoms with Gasteiger partial charge in [0.25, 0.3) is 0 Å². The Bertz CT molecular complexity index is 3810. The number of methoxy groups -OCH3 is 1. The van der Waals surface area contributed by atoms with Crippen molar-refractivity contribution in [2.75, 3.05) is 99.3 Å². The van der Waals surface area contributed by atoms with Crippen LogP contribution in [0.5, 0.6) is 57.5 Å². The summed E-state index contributed by atoms with van der Waals surface area (Å²) in [7, 11) is 10.3. The second kappa shape index (κ2) is 59.4. The Balaban J connectivity index is 0.000000223. The Kier molecular flexibility index (Phi) is 55.2. The average Bonchev–Trinajstić information content (AvgIpc) is 1.56. The second-order valence-corrected chi connectivity index (χ2v) is 32.4. The van der Waals surface area contributed by atoms with E-state index in [9.17, 15) is 0 Å². The number of anilines is 1. The van der Waals surface area contributed by atoms with Crippen molar-refractivity contribution >= 4 is 28.6 Å². The molecule has 0 N–H and O–H groups in total. The molecule has 9 heterocycles. The summed E-state index contributed by atoms with van der Waals surface area (Å²) < 4.78 is 85.8. The number of rotatable bonds is 26. The van der Waals surface area contributed by atoms with Gasteiger partial charge in [-0.3, -0.25) is 0 Å². The molecule has 10 atom stereocenters.